The van der Waals surface area contributed by atoms with Crippen molar-refractivity contribution in [3.63, 3.8) is 0 Å². The van der Waals surface area contributed by atoms with Gasteiger partial charge in [0.2, 0.25) is 0 Å². The van der Waals surface area contributed by atoms with Crippen LogP contribution in [0.5, 0.6) is 0 Å². The Kier molecular flexibility index (Phi) is 4.40. The topological polar surface area (TPSA) is 15.6 Å². The van der Waals surface area contributed by atoms with Gasteiger partial charge in [-0.3, -0.25) is 5.01 Å². The Morgan fingerprint density at radius 3 is 2.50 bits per heavy atom. The Balaban J connectivity index is 1.75. The predicted molar refractivity (Wildman–Crippen MR) is 94.5 cm³/mol. The quantitative estimate of drug-likeness (QED) is 0.491. The van der Waals surface area contributed by atoms with E-state index < -0.39 is 0 Å². The third-order valence-corrected chi connectivity index (χ3v) is 3.81. The van der Waals surface area contributed by atoms with Gasteiger partial charge >= 0.3 is 0 Å². The lowest BCUT2D eigenvalue weighted by Gasteiger charge is -2.14. The molecular formula is C19H17ClN2. The molecule has 0 saturated heterocycles. The molecule has 0 unspecified atom stereocenters. The fourth-order valence-electron chi connectivity index (χ4n) is 2.43. The minimum absolute atomic E-state index is 0.737. The molecule has 0 N–H and O–H groups in total. The van der Waals surface area contributed by atoms with E-state index in [9.17, 15) is 0 Å². The van der Waals surface area contributed by atoms with Crippen LogP contribution in [0.25, 0.3) is 10.8 Å². The van der Waals surface area contributed by atoms with Crippen molar-refractivity contribution in [2.75, 3.05) is 7.05 Å². The van der Waals surface area contributed by atoms with Crippen LogP contribution in [0.2, 0.25) is 5.02 Å². The Morgan fingerprint density at radius 1 is 0.955 bits per heavy atom. The third-order valence-electron chi connectivity index (χ3n) is 3.55. The second kappa shape index (κ2) is 6.63. The van der Waals surface area contributed by atoms with Crippen molar-refractivity contribution in [3.8, 4) is 0 Å². The van der Waals surface area contributed by atoms with Gasteiger partial charge in [0.1, 0.15) is 0 Å². The summed E-state index contributed by atoms with van der Waals surface area (Å²) in [7, 11) is 1.98. The standard InChI is InChI=1S/C19H17ClN2/c1-22(21-13-15-9-11-18(20)12-10-15)14-17-7-4-6-16-5-2-3-8-19(16)17/h2-13H,14H2,1H3/b21-13-. The highest BCUT2D eigenvalue weighted by Gasteiger charge is 2.02. The molecule has 0 saturated carbocycles. The van der Waals surface area contributed by atoms with Gasteiger partial charge in [0, 0.05) is 12.1 Å². The van der Waals surface area contributed by atoms with Crippen LogP contribution < -0.4 is 0 Å². The summed E-state index contributed by atoms with van der Waals surface area (Å²) >= 11 is 5.88. The van der Waals surface area contributed by atoms with Gasteiger partial charge in [-0.2, -0.15) is 5.10 Å². The lowest BCUT2D eigenvalue weighted by atomic mass is 10.0. The summed E-state index contributed by atoms with van der Waals surface area (Å²) in [4.78, 5) is 0. The summed E-state index contributed by atoms with van der Waals surface area (Å²) in [6.45, 7) is 0.769. The highest BCUT2D eigenvalue weighted by molar-refractivity contribution is 6.30. The fraction of sp³-hybridized carbons (Fsp3) is 0.105. The van der Waals surface area contributed by atoms with E-state index in [0.29, 0.717) is 0 Å². The Labute approximate surface area is 135 Å². The monoisotopic (exact) mass is 308 g/mol. The molecule has 3 heteroatoms. The van der Waals surface area contributed by atoms with Gasteiger partial charge < -0.3 is 0 Å². The molecule has 0 bridgehead atoms. The van der Waals surface area contributed by atoms with Gasteiger partial charge in [-0.25, -0.2) is 0 Å². The average molecular weight is 309 g/mol. The summed E-state index contributed by atoms with van der Waals surface area (Å²) in [6.07, 6.45) is 1.85. The van der Waals surface area contributed by atoms with Crippen molar-refractivity contribution < 1.29 is 0 Å². The summed E-state index contributed by atoms with van der Waals surface area (Å²) in [6, 6.07) is 22.5. The summed E-state index contributed by atoms with van der Waals surface area (Å²) in [5.41, 5.74) is 2.31. The van der Waals surface area contributed by atoms with Crippen LogP contribution in [-0.4, -0.2) is 18.3 Å². The predicted octanol–water partition coefficient (Wildman–Crippen LogP) is 4.96. The number of hydrogen-bond donors (Lipinski definition) is 0. The van der Waals surface area contributed by atoms with Crippen molar-refractivity contribution in [2.24, 2.45) is 5.10 Å². The molecule has 0 radical (unpaired) electrons. The molecule has 0 aliphatic rings. The van der Waals surface area contributed by atoms with Crippen LogP contribution in [0.15, 0.2) is 71.8 Å². The molecule has 2 nitrogen and oxygen atoms in total. The van der Waals surface area contributed by atoms with E-state index in [0.717, 1.165) is 17.1 Å². The van der Waals surface area contributed by atoms with E-state index in [4.69, 9.17) is 11.6 Å². The number of fused-ring (bicyclic) bond motifs is 1. The molecule has 3 rings (SSSR count). The first-order valence-electron chi connectivity index (χ1n) is 7.20. The van der Waals surface area contributed by atoms with E-state index >= 15 is 0 Å². The van der Waals surface area contributed by atoms with Crippen molar-refractivity contribution >= 4 is 28.6 Å². The molecule has 22 heavy (non-hydrogen) atoms. The maximum atomic E-state index is 5.88. The number of hydrazone groups is 1. The Bertz CT molecular complexity index is 789. The zero-order chi connectivity index (χ0) is 15.4. The minimum atomic E-state index is 0.737. The van der Waals surface area contributed by atoms with E-state index in [-0.39, 0.29) is 0 Å². The molecule has 0 fully saturated rings. The first-order valence-corrected chi connectivity index (χ1v) is 7.57. The molecule has 3 aromatic carbocycles. The van der Waals surface area contributed by atoms with Gasteiger partial charge in [-0.15, -0.1) is 0 Å². The Hall–Kier alpha value is -2.32. The summed E-state index contributed by atoms with van der Waals surface area (Å²) in [5.74, 6) is 0. The minimum Gasteiger partial charge on any atom is -0.296 e. The van der Waals surface area contributed by atoms with Gasteiger partial charge in [0.05, 0.1) is 12.8 Å². The molecule has 0 aliphatic heterocycles. The van der Waals surface area contributed by atoms with Crippen LogP contribution in [0.3, 0.4) is 0 Å². The van der Waals surface area contributed by atoms with Crippen LogP contribution in [0.1, 0.15) is 11.1 Å². The van der Waals surface area contributed by atoms with E-state index in [2.05, 4.69) is 47.6 Å². The number of nitrogens with zero attached hydrogens (tertiary/aromatic N) is 2. The van der Waals surface area contributed by atoms with E-state index in [1.165, 1.54) is 16.3 Å². The van der Waals surface area contributed by atoms with Crippen LogP contribution >= 0.6 is 11.6 Å². The van der Waals surface area contributed by atoms with E-state index in [1.54, 1.807) is 0 Å². The number of hydrogen-bond acceptors (Lipinski definition) is 2. The van der Waals surface area contributed by atoms with Crippen LogP contribution in [-0.2, 0) is 6.54 Å². The first-order chi connectivity index (χ1) is 10.7. The lowest BCUT2D eigenvalue weighted by molar-refractivity contribution is 0.350. The molecule has 0 heterocycles. The molecule has 0 amide bonds. The Morgan fingerprint density at radius 2 is 1.68 bits per heavy atom. The number of benzene rings is 3. The van der Waals surface area contributed by atoms with Crippen molar-refractivity contribution in [1.29, 1.82) is 0 Å². The molecule has 0 aliphatic carbocycles. The molecule has 3 aromatic rings. The highest BCUT2D eigenvalue weighted by atomic mass is 35.5. The maximum Gasteiger partial charge on any atom is 0.0613 e. The highest BCUT2D eigenvalue weighted by Crippen LogP contribution is 2.19. The molecule has 0 spiro atoms. The summed E-state index contributed by atoms with van der Waals surface area (Å²) in [5, 5.41) is 9.71. The zero-order valence-electron chi connectivity index (χ0n) is 12.4. The van der Waals surface area contributed by atoms with Gasteiger partial charge in [-0.05, 0) is 34.0 Å². The van der Waals surface area contributed by atoms with Gasteiger partial charge in [0.15, 0.2) is 0 Å². The largest absolute Gasteiger partial charge is 0.296 e. The fourth-order valence-corrected chi connectivity index (χ4v) is 2.56. The van der Waals surface area contributed by atoms with Crippen LogP contribution in [0.4, 0.5) is 0 Å². The molecule has 0 atom stereocenters. The smallest absolute Gasteiger partial charge is 0.0613 e. The van der Waals surface area contributed by atoms with Gasteiger partial charge in [0.25, 0.3) is 0 Å². The van der Waals surface area contributed by atoms with E-state index in [1.807, 2.05) is 42.5 Å². The lowest BCUT2D eigenvalue weighted by Crippen LogP contribution is -2.11. The van der Waals surface area contributed by atoms with Crippen molar-refractivity contribution in [2.45, 2.75) is 6.54 Å². The van der Waals surface area contributed by atoms with Crippen molar-refractivity contribution in [1.82, 2.24) is 5.01 Å². The first kappa shape index (κ1) is 14.6. The maximum absolute atomic E-state index is 5.88. The number of rotatable bonds is 4. The van der Waals surface area contributed by atoms with Crippen molar-refractivity contribution in [3.05, 3.63) is 82.9 Å². The second-order valence-corrected chi connectivity index (χ2v) is 5.69. The van der Waals surface area contributed by atoms with Crippen LogP contribution in [0, 0.1) is 0 Å². The SMILES string of the molecule is CN(Cc1cccc2ccccc12)/N=C\c1ccc(Cl)cc1. The second-order valence-electron chi connectivity index (χ2n) is 5.25. The zero-order valence-corrected chi connectivity index (χ0v) is 13.2. The molecular weight excluding hydrogens is 292 g/mol. The van der Waals surface area contributed by atoms with Gasteiger partial charge in [-0.1, -0.05) is 66.2 Å². The average Bonchev–Trinajstić information content (AvgIpc) is 2.55. The third kappa shape index (κ3) is 3.46. The number of halogens is 1. The molecule has 110 valence electrons. The molecule has 0 aromatic heterocycles. The normalized spacial score (nSPS) is 11.2. The summed E-state index contributed by atoms with van der Waals surface area (Å²) < 4.78 is 0.